The summed E-state index contributed by atoms with van der Waals surface area (Å²) < 4.78 is 1.01. The zero-order valence-electron chi connectivity index (χ0n) is 8.61. The normalized spacial score (nSPS) is 18.2. The van der Waals surface area contributed by atoms with Gasteiger partial charge in [-0.05, 0) is 12.8 Å². The van der Waals surface area contributed by atoms with Crippen LogP contribution in [0.15, 0.2) is 0 Å². The van der Waals surface area contributed by atoms with Gasteiger partial charge >= 0.3 is 0 Å². The smallest absolute Gasteiger partial charge is 0.0110 e. The lowest BCUT2D eigenvalue weighted by Crippen LogP contribution is -2.02. The van der Waals surface area contributed by atoms with Crippen molar-refractivity contribution >= 4 is 22.6 Å². The molecule has 0 aromatic rings. The first-order chi connectivity index (χ1) is 5.81. The molecule has 1 fully saturated rings. The maximum absolute atomic E-state index is 2.56. The highest BCUT2D eigenvalue weighted by molar-refractivity contribution is 14.1. The second kappa shape index (κ2) is 9.82. The van der Waals surface area contributed by atoms with Crippen LogP contribution < -0.4 is 0 Å². The third kappa shape index (κ3) is 8.82. The molecule has 0 nitrogen and oxygen atoms in total. The summed E-state index contributed by atoms with van der Waals surface area (Å²) in [6.07, 6.45) is 11.5. The summed E-state index contributed by atoms with van der Waals surface area (Å²) in [5.41, 5.74) is 0. The van der Waals surface area contributed by atoms with Crippen molar-refractivity contribution in [2.24, 2.45) is 0 Å². The van der Waals surface area contributed by atoms with Gasteiger partial charge in [0.05, 0.1) is 0 Å². The van der Waals surface area contributed by atoms with E-state index in [2.05, 4.69) is 36.4 Å². The molecule has 0 amide bonds. The molecule has 0 aliphatic heterocycles. The third-order valence-electron chi connectivity index (χ3n) is 2.24. The highest BCUT2D eigenvalue weighted by Crippen LogP contribution is 2.23. The van der Waals surface area contributed by atoms with E-state index in [4.69, 9.17) is 0 Å². The van der Waals surface area contributed by atoms with Gasteiger partial charge in [0.1, 0.15) is 0 Å². The molecule has 1 rings (SSSR count). The van der Waals surface area contributed by atoms with Crippen LogP contribution in [0.3, 0.4) is 0 Å². The quantitative estimate of drug-likeness (QED) is 0.496. The van der Waals surface area contributed by atoms with Crippen molar-refractivity contribution in [1.82, 2.24) is 0 Å². The third-order valence-corrected chi connectivity index (χ3v) is 3.49. The monoisotopic (exact) mass is 282 g/mol. The molecule has 0 spiro atoms. The molecule has 74 valence electrons. The summed E-state index contributed by atoms with van der Waals surface area (Å²) in [6.45, 7) is 4.42. The Bertz CT molecular complexity index is 73.1. The van der Waals surface area contributed by atoms with Crippen LogP contribution in [0.1, 0.15) is 65.2 Å². The Morgan fingerprint density at radius 1 is 1.00 bits per heavy atom. The van der Waals surface area contributed by atoms with Gasteiger partial charge in [-0.3, -0.25) is 0 Å². The predicted octanol–water partition coefficient (Wildman–Crippen LogP) is 4.95. The summed E-state index contributed by atoms with van der Waals surface area (Å²) in [5, 5.41) is 0. The fourth-order valence-corrected chi connectivity index (χ4v) is 2.29. The molecule has 1 aliphatic rings. The Kier molecular flexibility index (Phi) is 10.4. The van der Waals surface area contributed by atoms with E-state index in [9.17, 15) is 0 Å². The van der Waals surface area contributed by atoms with Gasteiger partial charge < -0.3 is 0 Å². The molecule has 12 heavy (non-hydrogen) atoms. The fourth-order valence-electron chi connectivity index (χ4n) is 1.41. The van der Waals surface area contributed by atoms with Crippen LogP contribution in [0, 0.1) is 0 Å². The Labute approximate surface area is 91.7 Å². The second-order valence-electron chi connectivity index (χ2n) is 3.59. The Morgan fingerprint density at radius 2 is 1.50 bits per heavy atom. The predicted molar refractivity (Wildman–Crippen MR) is 66.1 cm³/mol. The lowest BCUT2D eigenvalue weighted by atomic mass is 10.0. The Morgan fingerprint density at radius 3 is 1.67 bits per heavy atom. The molecule has 0 N–H and O–H groups in total. The number of hydrogen-bond acceptors (Lipinski definition) is 0. The molecule has 0 bridgehead atoms. The van der Waals surface area contributed by atoms with E-state index in [0.29, 0.717) is 0 Å². The van der Waals surface area contributed by atoms with Crippen molar-refractivity contribution in [2.75, 3.05) is 0 Å². The van der Waals surface area contributed by atoms with Crippen LogP contribution in [0.2, 0.25) is 0 Å². The second-order valence-corrected chi connectivity index (χ2v) is 5.35. The summed E-state index contributed by atoms with van der Waals surface area (Å²) in [7, 11) is 0. The van der Waals surface area contributed by atoms with Crippen LogP contribution in [0.5, 0.6) is 0 Å². The number of halogens is 1. The Hall–Kier alpha value is 0.730. The van der Waals surface area contributed by atoms with Crippen molar-refractivity contribution < 1.29 is 0 Å². The van der Waals surface area contributed by atoms with E-state index >= 15 is 0 Å². The number of hydrogen-bond donors (Lipinski definition) is 0. The summed E-state index contributed by atoms with van der Waals surface area (Å²) >= 11 is 2.56. The van der Waals surface area contributed by atoms with Gasteiger partial charge in [-0.25, -0.2) is 0 Å². The van der Waals surface area contributed by atoms with Gasteiger partial charge in [-0.15, -0.1) is 0 Å². The van der Waals surface area contributed by atoms with Crippen molar-refractivity contribution in [3.63, 3.8) is 0 Å². The maximum atomic E-state index is 2.56. The molecule has 0 atom stereocenters. The van der Waals surface area contributed by atoms with E-state index in [1.165, 1.54) is 51.4 Å². The van der Waals surface area contributed by atoms with Gasteiger partial charge in [-0.2, -0.15) is 0 Å². The van der Waals surface area contributed by atoms with Gasteiger partial charge in [0.25, 0.3) is 0 Å². The minimum absolute atomic E-state index is 1.01. The standard InChI is InChI=1S/C6H11I.C5H12/c7-6-4-2-1-3-5-6;1-3-5-4-2/h6H,1-5H2;3-5H2,1-2H3. The van der Waals surface area contributed by atoms with Crippen LogP contribution in [-0.4, -0.2) is 3.92 Å². The van der Waals surface area contributed by atoms with Crippen molar-refractivity contribution in [3.05, 3.63) is 0 Å². The average Bonchev–Trinajstić information content (AvgIpc) is 2.08. The van der Waals surface area contributed by atoms with Gasteiger partial charge in [0.2, 0.25) is 0 Å². The van der Waals surface area contributed by atoms with Crippen LogP contribution in [0.25, 0.3) is 0 Å². The molecular weight excluding hydrogens is 259 g/mol. The van der Waals surface area contributed by atoms with Gasteiger partial charge in [-0.1, -0.05) is 75.0 Å². The first-order valence-corrected chi connectivity index (χ1v) is 6.69. The number of unbranched alkanes of at least 4 members (excludes halogenated alkanes) is 2. The van der Waals surface area contributed by atoms with E-state index in [-0.39, 0.29) is 0 Å². The highest BCUT2D eigenvalue weighted by Gasteiger charge is 2.07. The minimum atomic E-state index is 1.01. The number of rotatable bonds is 2. The molecule has 0 radical (unpaired) electrons. The average molecular weight is 282 g/mol. The minimum Gasteiger partial charge on any atom is -0.0826 e. The molecular formula is C11H23I. The molecule has 0 saturated heterocycles. The lowest BCUT2D eigenvalue weighted by Gasteiger charge is -2.13. The van der Waals surface area contributed by atoms with E-state index in [1.807, 2.05) is 0 Å². The van der Waals surface area contributed by atoms with E-state index < -0.39 is 0 Å². The van der Waals surface area contributed by atoms with Crippen LogP contribution in [-0.2, 0) is 0 Å². The molecule has 1 heteroatoms. The molecule has 0 heterocycles. The molecule has 1 saturated carbocycles. The molecule has 1 aliphatic carbocycles. The van der Waals surface area contributed by atoms with Crippen molar-refractivity contribution in [2.45, 2.75) is 69.1 Å². The molecule has 0 aromatic carbocycles. The summed E-state index contributed by atoms with van der Waals surface area (Å²) in [6, 6.07) is 0. The largest absolute Gasteiger partial charge is 0.0826 e. The zero-order chi connectivity index (χ0) is 9.23. The molecule has 0 unspecified atom stereocenters. The van der Waals surface area contributed by atoms with E-state index in [1.54, 1.807) is 0 Å². The summed E-state index contributed by atoms with van der Waals surface area (Å²) in [5.74, 6) is 0. The summed E-state index contributed by atoms with van der Waals surface area (Å²) in [4.78, 5) is 0. The topological polar surface area (TPSA) is 0 Å². The van der Waals surface area contributed by atoms with Gasteiger partial charge in [0.15, 0.2) is 0 Å². The fraction of sp³-hybridized carbons (Fsp3) is 1.00. The maximum Gasteiger partial charge on any atom is 0.0110 e. The zero-order valence-corrected chi connectivity index (χ0v) is 10.8. The van der Waals surface area contributed by atoms with Crippen molar-refractivity contribution in [3.8, 4) is 0 Å². The Balaban J connectivity index is 0.000000217. The SMILES string of the molecule is CCCCC.IC1CCCCC1. The van der Waals surface area contributed by atoms with E-state index in [0.717, 1.165) is 3.92 Å². The lowest BCUT2D eigenvalue weighted by molar-refractivity contribution is 0.528. The first-order valence-electron chi connectivity index (χ1n) is 5.45. The first kappa shape index (κ1) is 12.7. The highest BCUT2D eigenvalue weighted by atomic mass is 127. The van der Waals surface area contributed by atoms with Crippen molar-refractivity contribution in [1.29, 1.82) is 0 Å². The number of alkyl halides is 1. The van der Waals surface area contributed by atoms with Crippen LogP contribution in [0.4, 0.5) is 0 Å². The molecule has 0 aromatic heterocycles. The van der Waals surface area contributed by atoms with Crippen LogP contribution >= 0.6 is 22.6 Å². The van der Waals surface area contributed by atoms with Gasteiger partial charge in [0, 0.05) is 3.92 Å².